The van der Waals surface area contributed by atoms with Crippen LogP contribution in [0.4, 0.5) is 11.4 Å². The summed E-state index contributed by atoms with van der Waals surface area (Å²) in [4.78, 5) is 55.1. The fourth-order valence-electron chi connectivity index (χ4n) is 6.84. The summed E-state index contributed by atoms with van der Waals surface area (Å²) in [6.45, 7) is -0.541. The Morgan fingerprint density at radius 1 is 0.714 bits per heavy atom. The predicted octanol–water partition coefficient (Wildman–Crippen LogP) is 4.89. The molecule has 0 aromatic heterocycles. The molecular weight excluding hydrogens is 532 g/mol. The highest BCUT2D eigenvalue weighted by Crippen LogP contribution is 2.61. The van der Waals surface area contributed by atoms with Crippen LogP contribution in [0.3, 0.4) is 0 Å². The summed E-state index contributed by atoms with van der Waals surface area (Å²) in [6, 6.07) is 29.1. The lowest BCUT2D eigenvalue weighted by Gasteiger charge is -2.45. The zero-order chi connectivity index (χ0) is 29.0. The van der Waals surface area contributed by atoms with Crippen molar-refractivity contribution in [2.45, 2.75) is 11.8 Å². The van der Waals surface area contributed by atoms with Crippen LogP contribution in [0.25, 0.3) is 0 Å². The lowest BCUT2D eigenvalue weighted by Crippen LogP contribution is -2.41. The second-order valence-electron chi connectivity index (χ2n) is 10.6. The molecule has 1 fully saturated rings. The average Bonchev–Trinajstić information content (AvgIpc) is 3.30. The molecule has 4 aromatic carbocycles. The van der Waals surface area contributed by atoms with Crippen LogP contribution in [0.2, 0.25) is 0 Å². The number of amides is 3. The molecule has 208 valence electrons. The highest BCUT2D eigenvalue weighted by Gasteiger charge is 2.62. The molecule has 1 aliphatic heterocycles. The summed E-state index contributed by atoms with van der Waals surface area (Å²) in [5.41, 5.74) is 5.00. The molecule has 8 heteroatoms. The number of carbonyl (C=O) groups excluding carboxylic acids is 4. The Morgan fingerprint density at radius 3 is 1.74 bits per heavy atom. The molecule has 42 heavy (non-hydrogen) atoms. The monoisotopic (exact) mass is 558 g/mol. The number of rotatable bonds is 6. The molecule has 1 saturated heterocycles. The molecule has 4 aliphatic rings. The average molecular weight is 559 g/mol. The van der Waals surface area contributed by atoms with Crippen LogP contribution in [-0.2, 0) is 19.1 Å². The number of esters is 1. The van der Waals surface area contributed by atoms with Gasteiger partial charge in [-0.05, 0) is 58.7 Å². The van der Waals surface area contributed by atoms with E-state index in [4.69, 9.17) is 9.47 Å². The van der Waals surface area contributed by atoms with Crippen molar-refractivity contribution in [3.8, 4) is 5.75 Å². The Kier molecular flexibility index (Phi) is 6.12. The smallest absolute Gasteiger partial charge is 0.340 e. The molecule has 4 aromatic rings. The second-order valence-corrected chi connectivity index (χ2v) is 10.6. The zero-order valence-electron chi connectivity index (χ0n) is 22.7. The Balaban J connectivity index is 1.16. The van der Waals surface area contributed by atoms with E-state index >= 15 is 0 Å². The third-order valence-corrected chi connectivity index (χ3v) is 8.52. The van der Waals surface area contributed by atoms with Crippen molar-refractivity contribution in [1.29, 1.82) is 0 Å². The van der Waals surface area contributed by atoms with Crippen molar-refractivity contribution in [3.05, 3.63) is 125 Å². The lowest BCUT2D eigenvalue weighted by atomic mass is 9.55. The van der Waals surface area contributed by atoms with Crippen LogP contribution in [-0.4, -0.2) is 37.4 Å². The number of carbonyl (C=O) groups is 4. The summed E-state index contributed by atoms with van der Waals surface area (Å²) in [5, 5.41) is 2.66. The van der Waals surface area contributed by atoms with Gasteiger partial charge in [0.2, 0.25) is 11.8 Å². The third kappa shape index (κ3) is 3.90. The first-order valence-electron chi connectivity index (χ1n) is 13.7. The van der Waals surface area contributed by atoms with E-state index in [1.165, 1.54) is 6.07 Å². The summed E-state index contributed by atoms with van der Waals surface area (Å²) >= 11 is 0. The number of ether oxygens (including phenoxy) is 2. The van der Waals surface area contributed by atoms with Crippen LogP contribution < -0.4 is 15.0 Å². The second kappa shape index (κ2) is 9.99. The number of methoxy groups -OCH3 is 1. The van der Waals surface area contributed by atoms with E-state index in [2.05, 4.69) is 5.32 Å². The van der Waals surface area contributed by atoms with Gasteiger partial charge in [-0.2, -0.15) is 0 Å². The maximum atomic E-state index is 14.1. The van der Waals surface area contributed by atoms with Gasteiger partial charge in [0, 0.05) is 17.5 Å². The van der Waals surface area contributed by atoms with Gasteiger partial charge in [-0.15, -0.1) is 0 Å². The van der Waals surface area contributed by atoms with Crippen molar-refractivity contribution in [1.82, 2.24) is 0 Å². The topological polar surface area (TPSA) is 102 Å². The molecule has 1 N–H and O–H groups in total. The maximum absolute atomic E-state index is 14.1. The molecule has 2 bridgehead atoms. The van der Waals surface area contributed by atoms with Gasteiger partial charge in [0.15, 0.2) is 6.61 Å². The van der Waals surface area contributed by atoms with Crippen LogP contribution >= 0.6 is 0 Å². The van der Waals surface area contributed by atoms with Crippen molar-refractivity contribution >= 4 is 35.1 Å². The Morgan fingerprint density at radius 2 is 1.21 bits per heavy atom. The standard InChI is InChI=1S/C34H26N2O6/c1-41-20-16-14-19(15-17-20)35-27(37)18-42-34(40)25-12-6-7-13-26(25)36-32(38)30-28-21-8-2-3-9-22(21)29(31(30)33(36)39)24-11-5-4-10-23(24)28/h2-17,28-31H,18H2,1H3,(H,35,37)/t28?,29?,30-,31-/m0/s1. The third-order valence-electron chi connectivity index (χ3n) is 8.52. The van der Waals surface area contributed by atoms with E-state index in [9.17, 15) is 19.2 Å². The van der Waals surface area contributed by atoms with Crippen LogP contribution in [0.15, 0.2) is 97.1 Å². The van der Waals surface area contributed by atoms with Gasteiger partial charge in [-0.25, -0.2) is 9.69 Å². The minimum absolute atomic E-state index is 0.0393. The highest BCUT2D eigenvalue weighted by molar-refractivity contribution is 6.25. The molecule has 8 nitrogen and oxygen atoms in total. The molecule has 0 saturated carbocycles. The Labute approximate surface area is 241 Å². The van der Waals surface area contributed by atoms with E-state index in [1.54, 1.807) is 49.6 Å². The van der Waals surface area contributed by atoms with E-state index in [1.807, 2.05) is 48.5 Å². The zero-order valence-corrected chi connectivity index (χ0v) is 22.7. The van der Waals surface area contributed by atoms with Crippen molar-refractivity contribution in [2.75, 3.05) is 23.9 Å². The number of hydrogen-bond acceptors (Lipinski definition) is 6. The molecule has 3 aliphatic carbocycles. The first-order chi connectivity index (χ1) is 20.5. The normalized spacial score (nSPS) is 21.3. The maximum Gasteiger partial charge on any atom is 0.340 e. The molecule has 1 heterocycles. The quantitative estimate of drug-likeness (QED) is 0.267. The van der Waals surface area contributed by atoms with Gasteiger partial charge in [0.05, 0.1) is 30.2 Å². The first-order valence-corrected chi connectivity index (χ1v) is 13.7. The van der Waals surface area contributed by atoms with Crippen LogP contribution in [0.5, 0.6) is 5.75 Å². The minimum atomic E-state index is -0.805. The minimum Gasteiger partial charge on any atom is -0.497 e. The van der Waals surface area contributed by atoms with E-state index < -0.39 is 30.3 Å². The van der Waals surface area contributed by atoms with Crippen molar-refractivity contribution < 1.29 is 28.7 Å². The van der Waals surface area contributed by atoms with E-state index in [0.717, 1.165) is 27.2 Å². The fraction of sp³-hybridized carbons (Fsp3) is 0.176. The number of anilines is 2. The molecule has 0 spiro atoms. The number of para-hydroxylation sites is 1. The molecule has 2 atom stereocenters. The number of hydrogen-bond donors (Lipinski definition) is 1. The van der Waals surface area contributed by atoms with Gasteiger partial charge in [-0.3, -0.25) is 14.4 Å². The first kappa shape index (κ1) is 25.7. The molecule has 3 amide bonds. The number of imide groups is 1. The summed E-state index contributed by atoms with van der Waals surface area (Å²) in [6.07, 6.45) is 0. The van der Waals surface area contributed by atoms with Crippen molar-refractivity contribution in [2.24, 2.45) is 11.8 Å². The Hall–Kier alpha value is -5.24. The van der Waals surface area contributed by atoms with Gasteiger partial charge in [0.25, 0.3) is 5.91 Å². The molecule has 8 rings (SSSR count). The number of nitrogens with zero attached hydrogens (tertiary/aromatic N) is 1. The molecule has 0 unspecified atom stereocenters. The van der Waals surface area contributed by atoms with Crippen LogP contribution in [0.1, 0.15) is 44.4 Å². The van der Waals surface area contributed by atoms with Gasteiger partial charge < -0.3 is 14.8 Å². The molecular formula is C34H26N2O6. The van der Waals surface area contributed by atoms with E-state index in [-0.39, 0.29) is 34.9 Å². The lowest BCUT2D eigenvalue weighted by molar-refractivity contribution is -0.122. The molecule has 0 radical (unpaired) electrons. The summed E-state index contributed by atoms with van der Waals surface area (Å²) in [7, 11) is 1.55. The SMILES string of the molecule is COc1ccc(NC(=O)COC(=O)c2ccccc2N2C(=O)[C@H]3C4c5ccccc5C(c5ccccc54)[C@@H]3C2=O)cc1. The van der Waals surface area contributed by atoms with Gasteiger partial charge in [0.1, 0.15) is 5.75 Å². The van der Waals surface area contributed by atoms with Crippen molar-refractivity contribution in [3.63, 3.8) is 0 Å². The summed E-state index contributed by atoms with van der Waals surface area (Å²) < 4.78 is 10.4. The van der Waals surface area contributed by atoms with Crippen LogP contribution in [0, 0.1) is 11.8 Å². The number of benzene rings is 4. The highest BCUT2D eigenvalue weighted by atomic mass is 16.5. The van der Waals surface area contributed by atoms with Gasteiger partial charge in [-0.1, -0.05) is 60.7 Å². The largest absolute Gasteiger partial charge is 0.497 e. The predicted molar refractivity (Wildman–Crippen MR) is 154 cm³/mol. The fourth-order valence-corrected chi connectivity index (χ4v) is 6.84. The summed E-state index contributed by atoms with van der Waals surface area (Å²) in [5.74, 6) is -3.02. The Bertz CT molecular complexity index is 1650. The van der Waals surface area contributed by atoms with E-state index in [0.29, 0.717) is 11.4 Å². The number of nitrogens with one attached hydrogen (secondary N) is 1. The van der Waals surface area contributed by atoms with Gasteiger partial charge >= 0.3 is 5.97 Å².